The smallest absolute Gasteiger partial charge is 0.0999 e. The Morgan fingerprint density at radius 2 is 0.794 bits per heavy atom. The highest BCUT2D eigenvalue weighted by Gasteiger charge is 2.34. The van der Waals surface area contributed by atoms with Crippen LogP contribution in [-0.2, 0) is 0 Å². The quantitative estimate of drug-likeness (QED) is 0.159. The minimum Gasteiger partial charge on any atom is -0.308 e. The van der Waals surface area contributed by atoms with E-state index >= 15 is 0 Å². The molecule has 0 saturated heterocycles. The number of para-hydroxylation sites is 2. The van der Waals surface area contributed by atoms with Crippen LogP contribution in [0.2, 0.25) is 0 Å². The summed E-state index contributed by atoms with van der Waals surface area (Å²) >= 11 is 1.31. The molecule has 0 spiro atoms. The predicted molar refractivity (Wildman–Crippen MR) is 256 cm³/mol. The molecule has 3 aromatic heterocycles. The number of hydrogen-bond donors (Lipinski definition) is 0. The number of pyridine rings is 1. The van der Waals surface area contributed by atoms with Gasteiger partial charge in [0.2, 0.25) is 0 Å². The lowest BCUT2D eigenvalue weighted by atomic mass is 9.76. The maximum atomic E-state index is 11.0. The number of nitrogens with zero attached hydrogens (tertiary/aromatic N) is 11. The van der Waals surface area contributed by atoms with E-state index < -0.39 is 0 Å². The number of fused-ring (bicyclic) bond motifs is 6. The van der Waals surface area contributed by atoms with Crippen molar-refractivity contribution in [3.63, 3.8) is 0 Å². The van der Waals surface area contributed by atoms with Gasteiger partial charge in [0, 0.05) is 69.9 Å². The number of aromatic nitrogens is 2. The van der Waals surface area contributed by atoms with Crippen LogP contribution in [-0.4, -0.2) is 9.55 Å². The van der Waals surface area contributed by atoms with Crippen LogP contribution in [0.15, 0.2) is 128 Å². The van der Waals surface area contributed by atoms with Crippen molar-refractivity contribution >= 4 is 53.3 Å². The molecule has 10 rings (SSSR count). The summed E-state index contributed by atoms with van der Waals surface area (Å²) in [4.78, 5) is 5.16. The fourth-order valence-corrected chi connectivity index (χ4v) is 10.5. The molecule has 0 aliphatic rings. The van der Waals surface area contributed by atoms with Gasteiger partial charge >= 0.3 is 0 Å². The van der Waals surface area contributed by atoms with Gasteiger partial charge in [-0.3, -0.25) is 4.98 Å². The zero-order chi connectivity index (χ0) is 47.2. The molecule has 306 valence electrons. The first-order chi connectivity index (χ1) is 33.3. The van der Waals surface area contributed by atoms with Gasteiger partial charge in [-0.25, -0.2) is 0 Å². The van der Waals surface area contributed by atoms with Crippen LogP contribution in [0.25, 0.3) is 92.3 Å². The molecule has 0 N–H and O–H groups in total. The number of thiophene rings is 1. The fraction of sp³-hybridized carbons (Fsp3) is 0. The van der Waals surface area contributed by atoms with Crippen LogP contribution >= 0.6 is 11.3 Å². The summed E-state index contributed by atoms with van der Waals surface area (Å²) in [6, 6.07) is 54.5. The van der Waals surface area contributed by atoms with Crippen molar-refractivity contribution in [2.24, 2.45) is 0 Å². The maximum absolute atomic E-state index is 11.0. The minimum absolute atomic E-state index is 0.0142. The third-order valence-corrected chi connectivity index (χ3v) is 13.1. The third kappa shape index (κ3) is 6.14. The van der Waals surface area contributed by atoms with E-state index in [1.807, 2.05) is 91.0 Å². The Morgan fingerprint density at radius 1 is 0.382 bits per heavy atom. The number of rotatable bonds is 5. The van der Waals surface area contributed by atoms with Gasteiger partial charge in [-0.2, -0.15) is 47.4 Å². The average Bonchev–Trinajstić information content (AvgIpc) is 3.95. The fourth-order valence-electron chi connectivity index (χ4n) is 9.28. The van der Waals surface area contributed by atoms with Crippen LogP contribution < -0.4 is 0 Å². The van der Waals surface area contributed by atoms with Gasteiger partial charge in [-0.05, 0) is 66.7 Å². The average molecular weight is 880 g/mol. The second-order valence-corrected chi connectivity index (χ2v) is 16.5. The minimum atomic E-state index is -0.110. The van der Waals surface area contributed by atoms with Crippen LogP contribution in [0.3, 0.4) is 0 Å². The van der Waals surface area contributed by atoms with Crippen LogP contribution in [0.5, 0.6) is 0 Å². The Kier molecular flexibility index (Phi) is 9.89. The summed E-state index contributed by atoms with van der Waals surface area (Å²) in [6.07, 6.45) is 1.67. The molecule has 10 aromatic rings. The van der Waals surface area contributed by atoms with Crippen LogP contribution in [0.1, 0.15) is 50.1 Å². The first kappa shape index (κ1) is 41.1. The predicted octanol–water partition coefficient (Wildman–Crippen LogP) is 12.1. The normalized spacial score (nSPS) is 10.5. The Balaban J connectivity index is 1.51. The first-order valence-corrected chi connectivity index (χ1v) is 21.3. The second-order valence-electron chi connectivity index (χ2n) is 15.4. The summed E-state index contributed by atoms with van der Waals surface area (Å²) in [7, 11) is 0. The third-order valence-electron chi connectivity index (χ3n) is 11.9. The Hall–Kier alpha value is -10.9. The van der Waals surface area contributed by atoms with Gasteiger partial charge in [-0.1, -0.05) is 54.6 Å². The molecule has 0 atom stereocenters. The van der Waals surface area contributed by atoms with E-state index in [2.05, 4.69) is 47.1 Å². The molecular weight excluding hydrogens is 859 g/mol. The summed E-state index contributed by atoms with van der Waals surface area (Å²) in [5.74, 6) is 0. The maximum Gasteiger partial charge on any atom is 0.0999 e. The van der Waals surface area contributed by atoms with E-state index in [1.165, 1.54) is 47.7 Å². The van der Waals surface area contributed by atoms with E-state index in [-0.39, 0.29) is 94.7 Å². The summed E-state index contributed by atoms with van der Waals surface area (Å²) in [5.41, 5.74) is 3.53. The monoisotopic (exact) mass is 879 g/mol. The molecule has 0 bridgehead atoms. The van der Waals surface area contributed by atoms with Crippen molar-refractivity contribution in [1.29, 1.82) is 47.4 Å². The SMILES string of the molecule is N#Cc1cc(C#N)c(-c2c(-c3ccc(-n4c5ccccc5c5ccccc54)cn3)c(-c3c(C#N)cc(C#N)cc3C#N)c3sc4ccccc4c3c2-c2c(C#N)cc(C#N)cc2C#N)c(C#N)c1. The first-order valence-electron chi connectivity index (χ1n) is 20.5. The summed E-state index contributed by atoms with van der Waals surface area (Å²) < 4.78 is 3.28. The van der Waals surface area contributed by atoms with E-state index in [1.54, 1.807) is 12.3 Å². The van der Waals surface area contributed by atoms with Gasteiger partial charge in [-0.15, -0.1) is 11.3 Å². The molecule has 68 heavy (non-hydrogen) atoms. The molecule has 0 radical (unpaired) electrons. The number of benzene rings is 7. The van der Waals surface area contributed by atoms with Crippen LogP contribution in [0, 0.1) is 102 Å². The Labute approximate surface area is 391 Å². The Bertz CT molecular complexity index is 4160. The standard InChI is InChI=1S/C56H21N11S/c57-21-31-15-34(24-60)48(35(16-31)25-61)53-51-43-9-3-6-12-47(43)68-56(51)55(50-38(28-64)19-33(23-59)20-39(50)29-65)52(54(53)49-36(26-62)17-32(22-58)18-37(49)27-63)44-14-13-40(30-66-44)67-45-10-4-1-7-41(45)42-8-2-5-11-46(42)67/h1-20,30H. The molecule has 0 unspecified atom stereocenters. The number of nitriles is 9. The van der Waals surface area contributed by atoms with Gasteiger partial charge in [0.25, 0.3) is 0 Å². The van der Waals surface area contributed by atoms with Crippen molar-refractivity contribution in [1.82, 2.24) is 9.55 Å². The molecule has 0 amide bonds. The largest absolute Gasteiger partial charge is 0.308 e. The molecule has 0 aliphatic heterocycles. The van der Waals surface area contributed by atoms with Crippen molar-refractivity contribution in [3.8, 4) is 105 Å². The van der Waals surface area contributed by atoms with Crippen molar-refractivity contribution in [3.05, 3.63) is 178 Å². The van der Waals surface area contributed by atoms with E-state index in [4.69, 9.17) is 4.98 Å². The van der Waals surface area contributed by atoms with Gasteiger partial charge in [0.15, 0.2) is 0 Å². The molecule has 3 heterocycles. The van der Waals surface area contributed by atoms with Crippen molar-refractivity contribution < 1.29 is 0 Å². The molecule has 0 aliphatic carbocycles. The van der Waals surface area contributed by atoms with Gasteiger partial charge < -0.3 is 4.57 Å². The van der Waals surface area contributed by atoms with Crippen molar-refractivity contribution in [2.75, 3.05) is 0 Å². The zero-order valence-corrected chi connectivity index (χ0v) is 35.8. The molecule has 7 aromatic carbocycles. The molecule has 0 saturated carbocycles. The highest BCUT2D eigenvalue weighted by atomic mass is 32.1. The second kappa shape index (κ2) is 16.3. The van der Waals surface area contributed by atoms with E-state index in [9.17, 15) is 47.4 Å². The molecular formula is C56H21N11S. The van der Waals surface area contributed by atoms with Crippen LogP contribution in [0.4, 0.5) is 0 Å². The molecule has 12 heteroatoms. The highest BCUT2D eigenvalue weighted by Crippen LogP contribution is 2.57. The van der Waals surface area contributed by atoms with E-state index in [0.29, 0.717) is 21.2 Å². The lowest BCUT2D eigenvalue weighted by molar-refractivity contribution is 1.14. The lowest BCUT2D eigenvalue weighted by Crippen LogP contribution is -2.05. The van der Waals surface area contributed by atoms with Gasteiger partial charge in [0.1, 0.15) is 0 Å². The topological polar surface area (TPSA) is 232 Å². The van der Waals surface area contributed by atoms with Gasteiger partial charge in [0.05, 0.1) is 133 Å². The molecule has 0 fully saturated rings. The number of hydrogen-bond acceptors (Lipinski definition) is 11. The highest BCUT2D eigenvalue weighted by molar-refractivity contribution is 7.26. The summed E-state index contributed by atoms with van der Waals surface area (Å²) in [5, 5.41) is 99.3. The lowest BCUT2D eigenvalue weighted by Gasteiger charge is -2.25. The summed E-state index contributed by atoms with van der Waals surface area (Å²) in [6.45, 7) is 0. The zero-order valence-electron chi connectivity index (χ0n) is 35.0. The van der Waals surface area contributed by atoms with Crippen molar-refractivity contribution in [2.45, 2.75) is 0 Å². The Morgan fingerprint density at radius 3 is 1.22 bits per heavy atom. The van der Waals surface area contributed by atoms with E-state index in [0.717, 1.165) is 26.5 Å². The molecule has 11 nitrogen and oxygen atoms in total.